The molecular formula is C16H8Cl. The second kappa shape index (κ2) is 5.26. The normalized spacial score (nSPS) is 8.94. The van der Waals surface area contributed by atoms with Crippen LogP contribution in [0, 0.1) is 24.2 Å². The summed E-state index contributed by atoms with van der Waals surface area (Å²) in [6.07, 6.45) is 7.09. The first-order chi connectivity index (χ1) is 8.31. The molecule has 1 heteroatoms. The Morgan fingerprint density at radius 3 is 2.24 bits per heavy atom. The van der Waals surface area contributed by atoms with Gasteiger partial charge >= 0.3 is 0 Å². The molecule has 0 spiro atoms. The summed E-state index contributed by atoms with van der Waals surface area (Å²) in [5.41, 5.74) is 2.21. The monoisotopic (exact) mass is 235 g/mol. The minimum Gasteiger partial charge on any atom is -0.0816 e. The van der Waals surface area contributed by atoms with Gasteiger partial charge in [0.1, 0.15) is 0 Å². The molecule has 0 aliphatic heterocycles. The maximum atomic E-state index is 7.09. The molecule has 2 rings (SSSR count). The van der Waals surface area contributed by atoms with Crippen molar-refractivity contribution in [1.29, 1.82) is 0 Å². The fraction of sp³-hybridized carbons (Fsp3) is 0. The average Bonchev–Trinajstić information content (AvgIpc) is 2.39. The van der Waals surface area contributed by atoms with E-state index in [9.17, 15) is 0 Å². The van der Waals surface area contributed by atoms with Crippen LogP contribution in [0.5, 0.6) is 0 Å². The zero-order chi connectivity index (χ0) is 12.1. The smallest absolute Gasteiger partial charge is 0.0719 e. The summed E-state index contributed by atoms with van der Waals surface area (Å²) in [6.45, 7) is 0. The SMILES string of the molecule is [C]#Cc1cccc(C#Cc2ccccc2)c1Cl. The Morgan fingerprint density at radius 2 is 1.53 bits per heavy atom. The van der Waals surface area contributed by atoms with Crippen LogP contribution in [0.2, 0.25) is 5.02 Å². The highest BCUT2D eigenvalue weighted by atomic mass is 35.5. The predicted molar refractivity (Wildman–Crippen MR) is 70.1 cm³/mol. The fourth-order valence-corrected chi connectivity index (χ4v) is 1.61. The fourth-order valence-electron chi connectivity index (χ4n) is 1.39. The molecule has 0 aliphatic rings. The third kappa shape index (κ3) is 2.70. The quantitative estimate of drug-likeness (QED) is 0.611. The van der Waals surface area contributed by atoms with Crippen molar-refractivity contribution >= 4 is 11.6 Å². The van der Waals surface area contributed by atoms with Crippen molar-refractivity contribution in [3.8, 4) is 17.8 Å². The molecule has 0 nitrogen and oxygen atoms in total. The van der Waals surface area contributed by atoms with Crippen LogP contribution in [0.4, 0.5) is 0 Å². The Bertz CT molecular complexity index is 622. The van der Waals surface area contributed by atoms with Gasteiger partial charge in [0.15, 0.2) is 0 Å². The van der Waals surface area contributed by atoms with Crippen LogP contribution in [-0.2, 0) is 0 Å². The molecule has 0 saturated carbocycles. The van der Waals surface area contributed by atoms with Crippen LogP contribution in [0.3, 0.4) is 0 Å². The molecule has 0 fully saturated rings. The first-order valence-corrected chi connectivity index (χ1v) is 5.47. The van der Waals surface area contributed by atoms with E-state index in [1.807, 2.05) is 42.5 Å². The summed E-state index contributed by atoms with van der Waals surface area (Å²) < 4.78 is 0. The predicted octanol–water partition coefficient (Wildman–Crippen LogP) is 3.68. The lowest BCUT2D eigenvalue weighted by Gasteiger charge is -1.98. The van der Waals surface area contributed by atoms with Gasteiger partial charge in [-0.3, -0.25) is 0 Å². The van der Waals surface area contributed by atoms with Gasteiger partial charge in [0.2, 0.25) is 0 Å². The Hall–Kier alpha value is -2.15. The van der Waals surface area contributed by atoms with E-state index in [-0.39, 0.29) is 0 Å². The second-order valence-corrected chi connectivity index (χ2v) is 3.79. The van der Waals surface area contributed by atoms with E-state index < -0.39 is 0 Å². The number of hydrogen-bond donors (Lipinski definition) is 0. The van der Waals surface area contributed by atoms with Crippen LogP contribution < -0.4 is 0 Å². The van der Waals surface area contributed by atoms with Gasteiger partial charge in [-0.15, -0.1) is 0 Å². The topological polar surface area (TPSA) is 0 Å². The second-order valence-electron chi connectivity index (χ2n) is 3.41. The molecule has 0 heterocycles. The molecule has 0 saturated heterocycles. The van der Waals surface area contributed by atoms with Gasteiger partial charge < -0.3 is 0 Å². The van der Waals surface area contributed by atoms with E-state index in [2.05, 4.69) is 17.8 Å². The molecule has 0 aliphatic carbocycles. The first kappa shape index (κ1) is 11.3. The molecule has 79 valence electrons. The lowest BCUT2D eigenvalue weighted by Crippen LogP contribution is -1.82. The third-order valence-corrected chi connectivity index (χ3v) is 2.66. The van der Waals surface area contributed by atoms with Crippen LogP contribution in [0.15, 0.2) is 48.5 Å². The first-order valence-electron chi connectivity index (χ1n) is 5.09. The minimum atomic E-state index is 0.478. The molecule has 0 amide bonds. The minimum absolute atomic E-state index is 0.478. The van der Waals surface area contributed by atoms with Crippen molar-refractivity contribution in [3.63, 3.8) is 0 Å². The van der Waals surface area contributed by atoms with E-state index in [0.29, 0.717) is 16.1 Å². The van der Waals surface area contributed by atoms with Gasteiger partial charge in [0, 0.05) is 16.7 Å². The zero-order valence-corrected chi connectivity index (χ0v) is 9.75. The summed E-state index contributed by atoms with van der Waals surface area (Å²) in [5, 5.41) is 0.478. The summed E-state index contributed by atoms with van der Waals surface area (Å²) >= 11 is 6.09. The van der Waals surface area contributed by atoms with Gasteiger partial charge in [0.25, 0.3) is 0 Å². The van der Waals surface area contributed by atoms with E-state index >= 15 is 0 Å². The Morgan fingerprint density at radius 1 is 0.824 bits per heavy atom. The number of rotatable bonds is 0. The van der Waals surface area contributed by atoms with Crippen molar-refractivity contribution < 1.29 is 0 Å². The lowest BCUT2D eigenvalue weighted by atomic mass is 10.1. The van der Waals surface area contributed by atoms with Gasteiger partial charge in [-0.25, -0.2) is 0 Å². The van der Waals surface area contributed by atoms with Gasteiger partial charge in [-0.2, -0.15) is 0 Å². The molecule has 0 atom stereocenters. The number of halogens is 1. The highest BCUT2D eigenvalue weighted by Gasteiger charge is 2.00. The molecule has 0 bridgehead atoms. The summed E-state index contributed by atoms with van der Waals surface area (Å²) in [5.74, 6) is 8.31. The van der Waals surface area contributed by atoms with Crippen LogP contribution in [0.25, 0.3) is 0 Å². The Labute approximate surface area is 106 Å². The molecule has 0 unspecified atom stereocenters. The zero-order valence-electron chi connectivity index (χ0n) is 9.00. The van der Waals surface area contributed by atoms with Crippen molar-refractivity contribution in [1.82, 2.24) is 0 Å². The van der Waals surface area contributed by atoms with Crippen molar-refractivity contribution in [2.45, 2.75) is 0 Å². The highest BCUT2D eigenvalue weighted by Crippen LogP contribution is 2.19. The van der Waals surface area contributed by atoms with E-state index in [1.165, 1.54) is 0 Å². The van der Waals surface area contributed by atoms with Gasteiger partial charge in [-0.1, -0.05) is 53.6 Å². The summed E-state index contributed by atoms with van der Waals surface area (Å²) in [4.78, 5) is 0. The van der Waals surface area contributed by atoms with Crippen LogP contribution >= 0.6 is 11.6 Å². The highest BCUT2D eigenvalue weighted by molar-refractivity contribution is 6.32. The molecule has 0 N–H and O–H groups in total. The molecule has 0 aromatic heterocycles. The molecule has 1 radical (unpaired) electrons. The maximum absolute atomic E-state index is 7.09. The van der Waals surface area contributed by atoms with Crippen molar-refractivity contribution in [2.75, 3.05) is 0 Å². The molecule has 2 aromatic rings. The Kier molecular flexibility index (Phi) is 3.51. The average molecular weight is 236 g/mol. The summed E-state index contributed by atoms with van der Waals surface area (Å²) in [7, 11) is 0. The van der Waals surface area contributed by atoms with Gasteiger partial charge in [-0.05, 0) is 30.7 Å². The summed E-state index contributed by atoms with van der Waals surface area (Å²) in [6, 6.07) is 15.1. The Balaban J connectivity index is 2.39. The van der Waals surface area contributed by atoms with E-state index in [0.717, 1.165) is 5.56 Å². The van der Waals surface area contributed by atoms with E-state index in [1.54, 1.807) is 6.07 Å². The molecule has 2 aromatic carbocycles. The van der Waals surface area contributed by atoms with Crippen molar-refractivity contribution in [2.24, 2.45) is 0 Å². The van der Waals surface area contributed by atoms with Crippen molar-refractivity contribution in [3.05, 3.63) is 76.7 Å². The molecular weight excluding hydrogens is 228 g/mol. The van der Waals surface area contributed by atoms with E-state index in [4.69, 9.17) is 18.0 Å². The van der Waals surface area contributed by atoms with Crippen LogP contribution in [0.1, 0.15) is 16.7 Å². The van der Waals surface area contributed by atoms with Crippen LogP contribution in [-0.4, -0.2) is 0 Å². The third-order valence-electron chi connectivity index (χ3n) is 2.25. The van der Waals surface area contributed by atoms with Gasteiger partial charge in [0.05, 0.1) is 5.02 Å². The standard InChI is InChI=1S/C16H8Cl/c1-2-14-9-6-10-15(16(14)17)12-11-13-7-4-3-5-8-13/h3-10H. The number of benzene rings is 2. The largest absolute Gasteiger partial charge is 0.0816 e. The lowest BCUT2D eigenvalue weighted by molar-refractivity contribution is 1.59. The molecule has 17 heavy (non-hydrogen) atoms. The number of hydrogen-bond acceptors (Lipinski definition) is 0. The maximum Gasteiger partial charge on any atom is 0.0719 e.